The lowest BCUT2D eigenvalue weighted by Gasteiger charge is -2.16. The molecular weight excluding hydrogens is 422 g/mol. The van der Waals surface area contributed by atoms with E-state index in [9.17, 15) is 24.3 Å². The molecule has 0 heterocycles. The summed E-state index contributed by atoms with van der Waals surface area (Å²) in [5.41, 5.74) is 4.74. The Kier molecular flexibility index (Phi) is 6.05. The van der Waals surface area contributed by atoms with Crippen molar-refractivity contribution < 1.29 is 39.2 Å². The third kappa shape index (κ3) is 4.19. The van der Waals surface area contributed by atoms with Gasteiger partial charge in [0.2, 0.25) is 0 Å². The summed E-state index contributed by atoms with van der Waals surface area (Å²) in [4.78, 5) is 58.0. The van der Waals surface area contributed by atoms with Crippen molar-refractivity contribution in [3.8, 4) is 0 Å². The van der Waals surface area contributed by atoms with Gasteiger partial charge in [0.05, 0.1) is 6.54 Å². The Hall–Kier alpha value is -4.09. The number of carbonyl (C=O) groups is 4. The van der Waals surface area contributed by atoms with Crippen molar-refractivity contribution in [3.05, 3.63) is 70.3 Å². The number of hydrogen-bond acceptors (Lipinski definition) is 7. The minimum atomic E-state index is -1.96. The van der Waals surface area contributed by atoms with E-state index >= 15 is 0 Å². The first-order chi connectivity index (χ1) is 15.1. The molecule has 1 amide bonds. The lowest BCUT2D eigenvalue weighted by Crippen LogP contribution is -2.32. The minimum absolute atomic E-state index is 0.132. The number of carboxylic acid groups (broad SMARTS) is 2. The van der Waals surface area contributed by atoms with E-state index in [4.69, 9.17) is 21.1 Å². The van der Waals surface area contributed by atoms with Crippen molar-refractivity contribution in [2.24, 2.45) is 5.73 Å². The molecule has 1 aliphatic carbocycles. The number of fused-ring (bicyclic) bond motifs is 1. The van der Waals surface area contributed by atoms with Crippen molar-refractivity contribution in [2.75, 3.05) is 20.2 Å². The van der Waals surface area contributed by atoms with Crippen LogP contribution in [0.5, 0.6) is 0 Å². The standard InChI is InChI=1S/C21H19N3O8/c1-24(19(28)12-4-2-11(3-5-12)18(22)23)9-16(25)13-6-7-14-15(8-13)21(14,20(29)30)32-31-10-17(26)27/h2-8H,9-10H2,1H3,(H3,22,23)(H,26,27)(H,29,30). The Morgan fingerprint density at radius 3 is 2.16 bits per heavy atom. The van der Waals surface area contributed by atoms with Gasteiger partial charge in [0.1, 0.15) is 5.84 Å². The number of likely N-dealkylation sites (N-methyl/N-ethyl adjacent to an activating group) is 1. The number of nitrogens with zero attached hydrogens (tertiary/aromatic N) is 1. The van der Waals surface area contributed by atoms with E-state index in [1.807, 2.05) is 0 Å². The zero-order valence-electron chi connectivity index (χ0n) is 16.8. The molecule has 5 N–H and O–H groups in total. The zero-order valence-corrected chi connectivity index (χ0v) is 16.8. The molecule has 32 heavy (non-hydrogen) atoms. The molecule has 11 heteroatoms. The molecule has 0 saturated heterocycles. The number of ketones is 1. The van der Waals surface area contributed by atoms with Gasteiger partial charge in [-0.25, -0.2) is 19.4 Å². The number of amidine groups is 1. The van der Waals surface area contributed by atoms with E-state index in [1.165, 1.54) is 54.4 Å². The van der Waals surface area contributed by atoms with Gasteiger partial charge in [-0.1, -0.05) is 24.3 Å². The van der Waals surface area contributed by atoms with Crippen LogP contribution in [0.1, 0.15) is 37.4 Å². The number of hydrogen-bond donors (Lipinski definition) is 4. The van der Waals surface area contributed by atoms with E-state index in [0.29, 0.717) is 11.1 Å². The second kappa shape index (κ2) is 8.57. The third-order valence-electron chi connectivity index (χ3n) is 4.88. The molecule has 3 rings (SSSR count). The van der Waals surface area contributed by atoms with E-state index in [2.05, 4.69) is 4.89 Å². The lowest BCUT2D eigenvalue weighted by atomic mass is 10.1. The van der Waals surface area contributed by atoms with Crippen molar-refractivity contribution in [1.82, 2.24) is 4.90 Å². The van der Waals surface area contributed by atoms with Crippen molar-refractivity contribution in [1.29, 1.82) is 5.41 Å². The summed E-state index contributed by atoms with van der Waals surface area (Å²) in [5, 5.41) is 25.5. The van der Waals surface area contributed by atoms with Crippen molar-refractivity contribution in [3.63, 3.8) is 0 Å². The Morgan fingerprint density at radius 2 is 1.59 bits per heavy atom. The highest BCUT2D eigenvalue weighted by molar-refractivity contribution is 6.04. The number of rotatable bonds is 10. The number of Topliss-reactive ketones (excluding diaryl/α,β-unsaturated/α-hetero) is 1. The molecule has 166 valence electrons. The van der Waals surface area contributed by atoms with Crippen molar-refractivity contribution in [2.45, 2.75) is 5.60 Å². The minimum Gasteiger partial charge on any atom is -0.479 e. The van der Waals surface area contributed by atoms with Gasteiger partial charge >= 0.3 is 11.9 Å². The molecule has 0 bridgehead atoms. The summed E-state index contributed by atoms with van der Waals surface area (Å²) in [7, 11) is 1.44. The number of nitrogen functional groups attached to an aromatic ring is 1. The van der Waals surface area contributed by atoms with Crippen LogP contribution in [0, 0.1) is 5.41 Å². The van der Waals surface area contributed by atoms with E-state index in [-0.39, 0.29) is 29.1 Å². The Balaban J connectivity index is 1.69. The summed E-state index contributed by atoms with van der Waals surface area (Å²) in [5.74, 6) is -3.75. The predicted octanol–water partition coefficient (Wildman–Crippen LogP) is 0.600. The average molecular weight is 441 g/mol. The van der Waals surface area contributed by atoms with Crippen LogP contribution in [0.15, 0.2) is 42.5 Å². The number of carboxylic acids is 2. The fourth-order valence-corrected chi connectivity index (χ4v) is 3.15. The van der Waals surface area contributed by atoms with Gasteiger partial charge in [-0.3, -0.25) is 15.0 Å². The molecule has 1 unspecified atom stereocenters. The highest BCUT2D eigenvalue weighted by atomic mass is 17.2. The maximum Gasteiger partial charge on any atom is 0.348 e. The smallest absolute Gasteiger partial charge is 0.348 e. The number of amides is 1. The Labute approximate surface area is 181 Å². The largest absolute Gasteiger partial charge is 0.479 e. The van der Waals surface area contributed by atoms with Gasteiger partial charge in [0, 0.05) is 34.9 Å². The van der Waals surface area contributed by atoms with Crippen molar-refractivity contribution >= 4 is 29.5 Å². The monoisotopic (exact) mass is 441 g/mol. The number of nitrogens with two attached hydrogens (primary N) is 1. The normalized spacial score (nSPS) is 16.0. The number of benzene rings is 2. The molecule has 2 aromatic rings. The number of aliphatic carboxylic acids is 2. The first-order valence-electron chi connectivity index (χ1n) is 9.22. The van der Waals surface area contributed by atoms with E-state index in [1.54, 1.807) is 0 Å². The first-order valence-corrected chi connectivity index (χ1v) is 9.22. The van der Waals surface area contributed by atoms with Gasteiger partial charge in [-0.05, 0) is 18.2 Å². The SMILES string of the molecule is CN(CC(=O)c1ccc2c(c1)C2(OOCC(=O)O)C(=O)O)C(=O)c1ccc(C(=N)N)cc1. The second-order valence-corrected chi connectivity index (χ2v) is 7.06. The summed E-state index contributed by atoms with van der Waals surface area (Å²) in [6.45, 7) is -1.13. The summed E-state index contributed by atoms with van der Waals surface area (Å²) in [6.07, 6.45) is 0. The third-order valence-corrected chi connectivity index (χ3v) is 4.88. The topological polar surface area (TPSA) is 180 Å². The Bertz CT molecular complexity index is 1130. The fraction of sp³-hybridized carbons (Fsp3) is 0.190. The van der Waals surface area contributed by atoms with Gasteiger partial charge in [-0.2, -0.15) is 0 Å². The van der Waals surface area contributed by atoms with Crippen LogP contribution in [0.25, 0.3) is 0 Å². The quantitative estimate of drug-likeness (QED) is 0.135. The average Bonchev–Trinajstić information content (AvgIpc) is 3.40. The maximum atomic E-state index is 12.7. The molecule has 0 aliphatic heterocycles. The molecule has 0 saturated carbocycles. The second-order valence-electron chi connectivity index (χ2n) is 7.06. The molecule has 11 nitrogen and oxygen atoms in total. The zero-order chi connectivity index (χ0) is 23.6. The molecule has 0 fully saturated rings. The Morgan fingerprint density at radius 1 is 1.00 bits per heavy atom. The molecule has 0 aromatic heterocycles. The van der Waals surface area contributed by atoms with E-state index < -0.39 is 35.8 Å². The molecule has 2 aromatic carbocycles. The van der Waals surface area contributed by atoms with Crippen LogP contribution >= 0.6 is 0 Å². The summed E-state index contributed by atoms with van der Waals surface area (Å²) >= 11 is 0. The molecule has 1 atom stereocenters. The first kappa shape index (κ1) is 22.6. The number of nitrogens with one attached hydrogen (secondary N) is 1. The highest BCUT2D eigenvalue weighted by Crippen LogP contribution is 2.51. The summed E-state index contributed by atoms with van der Waals surface area (Å²) < 4.78 is 0. The van der Waals surface area contributed by atoms with Crippen LogP contribution in [-0.2, 0) is 25.0 Å². The lowest BCUT2D eigenvalue weighted by molar-refractivity contribution is -0.333. The molecule has 0 spiro atoms. The maximum absolute atomic E-state index is 12.7. The summed E-state index contributed by atoms with van der Waals surface area (Å²) in [6, 6.07) is 10.1. The fourth-order valence-electron chi connectivity index (χ4n) is 3.15. The molecule has 0 radical (unpaired) electrons. The number of carbonyl (C=O) groups excluding carboxylic acids is 2. The highest BCUT2D eigenvalue weighted by Gasteiger charge is 2.61. The van der Waals surface area contributed by atoms with Gasteiger partial charge < -0.3 is 20.8 Å². The van der Waals surface area contributed by atoms with Gasteiger partial charge in [-0.15, -0.1) is 0 Å². The van der Waals surface area contributed by atoms with Gasteiger partial charge in [0.15, 0.2) is 12.4 Å². The van der Waals surface area contributed by atoms with Crippen LogP contribution < -0.4 is 5.73 Å². The van der Waals surface area contributed by atoms with Crippen LogP contribution in [0.3, 0.4) is 0 Å². The van der Waals surface area contributed by atoms with Crippen LogP contribution in [0.2, 0.25) is 0 Å². The molecule has 1 aliphatic rings. The van der Waals surface area contributed by atoms with Crippen LogP contribution in [0.4, 0.5) is 0 Å². The van der Waals surface area contributed by atoms with E-state index in [0.717, 1.165) is 0 Å². The predicted molar refractivity (Wildman–Crippen MR) is 108 cm³/mol. The molecular formula is C21H19N3O8. The van der Waals surface area contributed by atoms with Crippen LogP contribution in [-0.4, -0.2) is 64.8 Å². The van der Waals surface area contributed by atoms with Gasteiger partial charge in [0.25, 0.3) is 11.5 Å².